The van der Waals surface area contributed by atoms with Crippen LogP contribution in [0.5, 0.6) is 0 Å². The van der Waals surface area contributed by atoms with Crippen molar-refractivity contribution in [3.8, 4) is 0 Å². The summed E-state index contributed by atoms with van der Waals surface area (Å²) in [7, 11) is 0. The van der Waals surface area contributed by atoms with Gasteiger partial charge in [0.05, 0.1) is 0 Å². The molecule has 3 aromatic rings. The van der Waals surface area contributed by atoms with Crippen molar-refractivity contribution in [1.29, 1.82) is 0 Å². The number of fused-ring (bicyclic) bond motifs is 1. The van der Waals surface area contributed by atoms with E-state index in [1.807, 2.05) is 44.2 Å². The maximum absolute atomic E-state index is 12.6. The van der Waals surface area contributed by atoms with Crippen LogP contribution < -0.4 is 5.32 Å². The molecule has 29 heavy (non-hydrogen) atoms. The minimum atomic E-state index is -1.00. The number of aryl methyl sites for hydroxylation is 2. The van der Waals surface area contributed by atoms with E-state index in [4.69, 9.17) is 4.74 Å². The fourth-order valence-electron chi connectivity index (χ4n) is 3.01. The maximum Gasteiger partial charge on any atom is 0.379 e. The molecule has 2 heterocycles. The molecule has 0 aliphatic heterocycles. The summed E-state index contributed by atoms with van der Waals surface area (Å²) in [5.41, 5.74) is 3.33. The quantitative estimate of drug-likeness (QED) is 0.642. The molecule has 0 aliphatic carbocycles. The Labute approximate surface area is 169 Å². The van der Waals surface area contributed by atoms with Crippen molar-refractivity contribution < 1.29 is 14.3 Å². The monoisotopic (exact) mass is 395 g/mol. The van der Waals surface area contributed by atoms with Gasteiger partial charge in [-0.05, 0) is 50.8 Å². The Bertz CT molecular complexity index is 1060. The van der Waals surface area contributed by atoms with Crippen LogP contribution in [0.3, 0.4) is 0 Å². The Morgan fingerprint density at radius 3 is 2.62 bits per heavy atom. The van der Waals surface area contributed by atoms with Crippen molar-refractivity contribution in [3.63, 3.8) is 0 Å². The Hall–Kier alpha value is -3.29. The Kier molecular flexibility index (Phi) is 5.91. The van der Waals surface area contributed by atoms with Gasteiger partial charge in [0, 0.05) is 17.1 Å². The molecule has 152 valence electrons. The highest BCUT2D eigenvalue weighted by atomic mass is 16.5. The summed E-state index contributed by atoms with van der Waals surface area (Å²) in [5, 5.41) is 6.99. The minimum Gasteiger partial charge on any atom is -0.447 e. The molecule has 0 unspecified atom stereocenters. The molecule has 1 N–H and O–H groups in total. The van der Waals surface area contributed by atoms with Crippen LogP contribution >= 0.6 is 0 Å². The fourth-order valence-corrected chi connectivity index (χ4v) is 3.01. The summed E-state index contributed by atoms with van der Waals surface area (Å²) < 4.78 is 6.75. The minimum absolute atomic E-state index is 0.133. The summed E-state index contributed by atoms with van der Waals surface area (Å²) in [6.45, 7) is 9.39. The van der Waals surface area contributed by atoms with Gasteiger partial charge in [0.1, 0.15) is 0 Å². The van der Waals surface area contributed by atoms with Crippen LogP contribution in [0.1, 0.15) is 60.7 Å². The third kappa shape index (κ3) is 4.42. The molecule has 1 amide bonds. The van der Waals surface area contributed by atoms with Gasteiger partial charge in [-0.3, -0.25) is 4.79 Å². The lowest BCUT2D eigenvalue weighted by Crippen LogP contribution is -2.30. The lowest BCUT2D eigenvalue weighted by Gasteiger charge is -2.17. The van der Waals surface area contributed by atoms with E-state index in [-0.39, 0.29) is 5.82 Å². The lowest BCUT2D eigenvalue weighted by molar-refractivity contribution is -0.123. The second-order valence-corrected chi connectivity index (χ2v) is 7.12. The average molecular weight is 395 g/mol. The van der Waals surface area contributed by atoms with Gasteiger partial charge >= 0.3 is 5.97 Å². The van der Waals surface area contributed by atoms with E-state index >= 15 is 0 Å². The second-order valence-electron chi connectivity index (χ2n) is 7.12. The number of ether oxygens (including phenoxy) is 1. The number of carbonyl (C=O) groups excluding carboxylic acids is 2. The van der Waals surface area contributed by atoms with Crippen LogP contribution in [0.25, 0.3) is 5.78 Å². The van der Waals surface area contributed by atoms with Crippen LogP contribution in [-0.4, -0.2) is 37.6 Å². The van der Waals surface area contributed by atoms with Gasteiger partial charge in [-0.25, -0.2) is 14.3 Å². The highest BCUT2D eigenvalue weighted by Crippen LogP contribution is 2.26. The first kappa shape index (κ1) is 20.4. The summed E-state index contributed by atoms with van der Waals surface area (Å²) in [6, 6.07) is 9.46. The molecule has 8 heteroatoms. The van der Waals surface area contributed by atoms with Crippen molar-refractivity contribution >= 4 is 23.3 Å². The van der Waals surface area contributed by atoms with Crippen molar-refractivity contribution in [3.05, 3.63) is 53.1 Å². The number of aromatic nitrogens is 4. The van der Waals surface area contributed by atoms with Gasteiger partial charge in [0.25, 0.3) is 17.5 Å². The maximum atomic E-state index is 12.6. The number of amides is 1. The summed E-state index contributed by atoms with van der Waals surface area (Å²) >= 11 is 0. The summed E-state index contributed by atoms with van der Waals surface area (Å²) in [4.78, 5) is 33.4. The van der Waals surface area contributed by atoms with Crippen LogP contribution in [0.2, 0.25) is 0 Å². The standard InChI is InChI=1S/C21H25N5O3/c1-6-12(2)16-9-7-8-10-17(16)23-19(27)15(5)29-20(28)18-24-21-22-13(3)11-14(4)26(21)25-18/h7-12,15H,6H2,1-5H3,(H,23,27)/t12-,15+/m0/s1. The number of esters is 1. The van der Waals surface area contributed by atoms with E-state index in [1.54, 1.807) is 0 Å². The highest BCUT2D eigenvalue weighted by Gasteiger charge is 2.23. The molecule has 0 radical (unpaired) electrons. The fraction of sp³-hybridized carbons (Fsp3) is 0.381. The number of nitrogens with one attached hydrogen (secondary N) is 1. The molecule has 1 aromatic carbocycles. The van der Waals surface area contributed by atoms with Crippen LogP contribution in [0.4, 0.5) is 5.69 Å². The Balaban J connectivity index is 1.72. The van der Waals surface area contributed by atoms with Crippen molar-refractivity contribution in [1.82, 2.24) is 19.6 Å². The number of benzene rings is 1. The molecule has 0 aliphatic rings. The first-order valence-corrected chi connectivity index (χ1v) is 9.62. The number of carbonyl (C=O) groups is 2. The van der Waals surface area contributed by atoms with E-state index in [1.165, 1.54) is 11.4 Å². The summed E-state index contributed by atoms with van der Waals surface area (Å²) in [6.07, 6.45) is -0.0564. The van der Waals surface area contributed by atoms with Gasteiger partial charge in [0.15, 0.2) is 6.10 Å². The molecule has 0 bridgehead atoms. The molecule has 2 aromatic heterocycles. The molecule has 0 spiro atoms. The molecular weight excluding hydrogens is 370 g/mol. The molecule has 0 saturated heterocycles. The van der Waals surface area contributed by atoms with Gasteiger partial charge in [-0.2, -0.15) is 4.98 Å². The number of nitrogens with zero attached hydrogens (tertiary/aromatic N) is 4. The molecule has 8 nitrogen and oxygen atoms in total. The van der Waals surface area contributed by atoms with E-state index in [0.717, 1.165) is 29.1 Å². The largest absolute Gasteiger partial charge is 0.447 e. The zero-order chi connectivity index (χ0) is 21.1. The first-order valence-electron chi connectivity index (χ1n) is 9.62. The number of hydrogen-bond donors (Lipinski definition) is 1. The zero-order valence-corrected chi connectivity index (χ0v) is 17.3. The third-order valence-electron chi connectivity index (χ3n) is 4.82. The van der Waals surface area contributed by atoms with Gasteiger partial charge in [0.2, 0.25) is 0 Å². The molecule has 0 fully saturated rings. The van der Waals surface area contributed by atoms with Crippen LogP contribution in [0, 0.1) is 13.8 Å². The van der Waals surface area contributed by atoms with Crippen molar-refractivity contribution in [2.24, 2.45) is 0 Å². The SMILES string of the molecule is CC[C@H](C)c1ccccc1NC(=O)[C@@H](C)OC(=O)c1nc2nc(C)cc(C)n2n1. The number of hydrogen-bond acceptors (Lipinski definition) is 6. The van der Waals surface area contributed by atoms with E-state index in [0.29, 0.717) is 11.7 Å². The topological polar surface area (TPSA) is 98.5 Å². The average Bonchev–Trinajstić information content (AvgIpc) is 3.12. The number of para-hydroxylation sites is 1. The normalized spacial score (nSPS) is 13.1. The summed E-state index contributed by atoms with van der Waals surface area (Å²) in [5.74, 6) is -0.709. The molecule has 3 rings (SSSR count). The lowest BCUT2D eigenvalue weighted by atomic mass is 9.97. The van der Waals surface area contributed by atoms with E-state index < -0.39 is 18.0 Å². The Morgan fingerprint density at radius 2 is 1.90 bits per heavy atom. The zero-order valence-electron chi connectivity index (χ0n) is 17.3. The Morgan fingerprint density at radius 1 is 1.17 bits per heavy atom. The van der Waals surface area contributed by atoms with Gasteiger partial charge in [-0.1, -0.05) is 32.0 Å². The van der Waals surface area contributed by atoms with Crippen LogP contribution in [-0.2, 0) is 9.53 Å². The third-order valence-corrected chi connectivity index (χ3v) is 4.82. The second kappa shape index (κ2) is 8.38. The molecule has 0 saturated carbocycles. The molecule has 2 atom stereocenters. The van der Waals surface area contributed by atoms with Crippen molar-refractivity contribution in [2.75, 3.05) is 5.32 Å². The predicted molar refractivity (Wildman–Crippen MR) is 109 cm³/mol. The smallest absolute Gasteiger partial charge is 0.379 e. The van der Waals surface area contributed by atoms with Crippen LogP contribution in [0.15, 0.2) is 30.3 Å². The van der Waals surface area contributed by atoms with Gasteiger partial charge in [-0.15, -0.1) is 5.10 Å². The predicted octanol–water partition coefficient (Wildman–Crippen LogP) is 3.44. The first-order chi connectivity index (χ1) is 13.8. The van der Waals surface area contributed by atoms with Crippen molar-refractivity contribution in [2.45, 2.75) is 53.1 Å². The molecular formula is C21H25N5O3. The highest BCUT2D eigenvalue weighted by molar-refractivity contribution is 5.97. The van der Waals surface area contributed by atoms with E-state index in [9.17, 15) is 9.59 Å². The van der Waals surface area contributed by atoms with E-state index in [2.05, 4.69) is 34.2 Å². The van der Waals surface area contributed by atoms with Gasteiger partial charge < -0.3 is 10.1 Å². The number of rotatable bonds is 6. The number of anilines is 1.